The molecule has 0 saturated heterocycles. The van der Waals surface area contributed by atoms with Crippen LogP contribution in [0.1, 0.15) is 68.6 Å². The van der Waals surface area contributed by atoms with Crippen LogP contribution in [0.15, 0.2) is 35.5 Å². The lowest BCUT2D eigenvalue weighted by Gasteiger charge is -2.04. The molecule has 2 rings (SSSR count). The maximum Gasteiger partial charge on any atom is 0.112 e. The summed E-state index contributed by atoms with van der Waals surface area (Å²) in [5.41, 5.74) is 7.58. The van der Waals surface area contributed by atoms with Gasteiger partial charge in [0, 0.05) is 17.3 Å². The number of rotatable bonds is 8. The van der Waals surface area contributed by atoms with Crippen LogP contribution in [-0.4, -0.2) is 6.21 Å². The van der Waals surface area contributed by atoms with E-state index in [9.17, 15) is 0 Å². The number of aliphatic imine (C=N–C) groups is 1. The van der Waals surface area contributed by atoms with Crippen molar-refractivity contribution in [2.24, 2.45) is 4.99 Å². The van der Waals surface area contributed by atoms with E-state index in [-0.39, 0.29) is 0 Å². The largest absolute Gasteiger partial charge is 0.247 e. The topological polar surface area (TPSA) is 12.4 Å². The third-order valence-corrected chi connectivity index (χ3v) is 3.94. The van der Waals surface area contributed by atoms with Gasteiger partial charge in [-0.1, -0.05) is 64.2 Å². The van der Waals surface area contributed by atoms with Crippen LogP contribution >= 0.6 is 0 Å². The zero-order chi connectivity index (χ0) is 14.2. The maximum atomic E-state index is 4.32. The highest BCUT2D eigenvalue weighted by Crippen LogP contribution is 2.25. The molecule has 1 aromatic carbocycles. The fraction of sp³-hybridized carbons (Fsp3) is 0.474. The molecule has 106 valence electrons. The van der Waals surface area contributed by atoms with E-state index in [0.717, 1.165) is 5.70 Å². The van der Waals surface area contributed by atoms with Crippen LogP contribution in [0.3, 0.4) is 0 Å². The first-order valence-corrected chi connectivity index (χ1v) is 7.92. The van der Waals surface area contributed by atoms with Gasteiger partial charge >= 0.3 is 0 Å². The van der Waals surface area contributed by atoms with Gasteiger partial charge in [-0.3, -0.25) is 0 Å². The van der Waals surface area contributed by atoms with E-state index in [1.54, 1.807) is 0 Å². The molecular weight excluding hydrogens is 242 g/mol. The molecule has 0 aliphatic carbocycles. The minimum absolute atomic E-state index is 0.877. The van der Waals surface area contributed by atoms with Crippen LogP contribution in [-0.2, 0) is 6.42 Å². The summed E-state index contributed by atoms with van der Waals surface area (Å²) in [6.45, 7) is 5.95. The van der Waals surface area contributed by atoms with E-state index in [0.29, 0.717) is 0 Å². The Balaban J connectivity index is 1.75. The fourth-order valence-corrected chi connectivity index (χ4v) is 2.72. The predicted molar refractivity (Wildman–Crippen MR) is 88.3 cm³/mol. The Morgan fingerprint density at radius 3 is 2.55 bits per heavy atom. The molecular formula is C19H25N. The summed E-state index contributed by atoms with van der Waals surface area (Å²) in [6.07, 6.45) is 12.7. The van der Waals surface area contributed by atoms with Crippen molar-refractivity contribution in [1.29, 1.82) is 0 Å². The molecule has 1 aliphatic heterocycles. The highest BCUT2D eigenvalue weighted by atomic mass is 14.8. The standard InChI is InChI=1S/C19H25N/c1-3-5-6-7-8-9-10-11-16-12-13-18-17(14-16)15-20-19(18)4-2/h12-15H,2-3,5-11H2,1H3. The average Bonchev–Trinajstić information content (AvgIpc) is 2.88. The van der Waals surface area contributed by atoms with Gasteiger partial charge in [-0.05, 0) is 24.5 Å². The molecule has 1 heterocycles. The molecule has 0 radical (unpaired) electrons. The molecule has 0 spiro atoms. The first-order valence-electron chi connectivity index (χ1n) is 7.92. The van der Waals surface area contributed by atoms with E-state index in [1.165, 1.54) is 68.1 Å². The van der Waals surface area contributed by atoms with Crippen molar-refractivity contribution in [3.63, 3.8) is 0 Å². The second-order valence-corrected chi connectivity index (χ2v) is 5.58. The highest BCUT2D eigenvalue weighted by Gasteiger charge is 2.11. The summed E-state index contributed by atoms with van der Waals surface area (Å²) < 4.78 is 0. The van der Waals surface area contributed by atoms with E-state index in [4.69, 9.17) is 0 Å². The lowest BCUT2D eigenvalue weighted by atomic mass is 10.00. The summed E-state index contributed by atoms with van der Waals surface area (Å²) in [7, 11) is 0. The molecule has 0 bridgehead atoms. The predicted octanol–water partition coefficient (Wildman–Crippen LogP) is 5.54. The summed E-state index contributed by atoms with van der Waals surface area (Å²) in [6, 6.07) is 6.65. The van der Waals surface area contributed by atoms with Gasteiger partial charge in [0.15, 0.2) is 0 Å². The van der Waals surface area contributed by atoms with Crippen molar-refractivity contribution >= 4 is 11.9 Å². The number of aryl methyl sites for hydroxylation is 1. The van der Waals surface area contributed by atoms with Crippen molar-refractivity contribution < 1.29 is 0 Å². The Morgan fingerprint density at radius 2 is 1.80 bits per heavy atom. The van der Waals surface area contributed by atoms with Gasteiger partial charge in [-0.15, -0.1) is 5.73 Å². The lowest BCUT2D eigenvalue weighted by molar-refractivity contribution is 0.589. The summed E-state index contributed by atoms with van der Waals surface area (Å²) >= 11 is 0. The smallest absolute Gasteiger partial charge is 0.112 e. The molecule has 1 nitrogen and oxygen atoms in total. The van der Waals surface area contributed by atoms with Crippen LogP contribution in [0.2, 0.25) is 0 Å². The second-order valence-electron chi connectivity index (χ2n) is 5.58. The number of benzene rings is 1. The van der Waals surface area contributed by atoms with Crippen molar-refractivity contribution in [3.8, 4) is 0 Å². The monoisotopic (exact) mass is 267 g/mol. The second kappa shape index (κ2) is 7.87. The Kier molecular flexibility index (Phi) is 5.83. The van der Waals surface area contributed by atoms with E-state index < -0.39 is 0 Å². The summed E-state index contributed by atoms with van der Waals surface area (Å²) in [4.78, 5) is 4.32. The van der Waals surface area contributed by atoms with Crippen molar-refractivity contribution in [3.05, 3.63) is 47.2 Å². The van der Waals surface area contributed by atoms with Crippen molar-refractivity contribution in [1.82, 2.24) is 0 Å². The fourth-order valence-electron chi connectivity index (χ4n) is 2.72. The van der Waals surface area contributed by atoms with Crippen LogP contribution in [0.25, 0.3) is 5.70 Å². The third kappa shape index (κ3) is 3.95. The van der Waals surface area contributed by atoms with Crippen LogP contribution < -0.4 is 0 Å². The van der Waals surface area contributed by atoms with Gasteiger partial charge in [-0.25, -0.2) is 4.99 Å². The van der Waals surface area contributed by atoms with Crippen LogP contribution in [0.4, 0.5) is 0 Å². The van der Waals surface area contributed by atoms with Crippen LogP contribution in [0.5, 0.6) is 0 Å². The molecule has 1 aliphatic rings. The van der Waals surface area contributed by atoms with E-state index >= 15 is 0 Å². The molecule has 0 atom stereocenters. The summed E-state index contributed by atoms with van der Waals surface area (Å²) in [5.74, 6) is 0. The first-order chi connectivity index (χ1) is 9.85. The van der Waals surface area contributed by atoms with Gasteiger partial charge in [0.25, 0.3) is 0 Å². The number of hydrogen-bond acceptors (Lipinski definition) is 1. The van der Waals surface area contributed by atoms with Crippen molar-refractivity contribution in [2.75, 3.05) is 0 Å². The Hall–Kier alpha value is -1.59. The third-order valence-electron chi connectivity index (χ3n) is 3.94. The molecule has 0 aromatic heterocycles. The molecule has 1 aromatic rings. The van der Waals surface area contributed by atoms with Gasteiger partial charge in [0.2, 0.25) is 0 Å². The number of nitrogens with zero attached hydrogens (tertiary/aromatic N) is 1. The molecule has 0 unspecified atom stereocenters. The summed E-state index contributed by atoms with van der Waals surface area (Å²) in [5, 5.41) is 0. The lowest BCUT2D eigenvalue weighted by Crippen LogP contribution is -1.90. The Bertz CT molecular complexity index is 519. The average molecular weight is 267 g/mol. The minimum Gasteiger partial charge on any atom is -0.247 e. The highest BCUT2D eigenvalue weighted by molar-refractivity contribution is 5.97. The number of hydrogen-bond donors (Lipinski definition) is 0. The van der Waals surface area contributed by atoms with Gasteiger partial charge in [0.1, 0.15) is 5.70 Å². The molecule has 0 saturated carbocycles. The molecule has 1 heteroatoms. The number of unbranched alkanes of at least 4 members (excludes halogenated alkanes) is 6. The van der Waals surface area contributed by atoms with Crippen LogP contribution in [0, 0.1) is 0 Å². The maximum absolute atomic E-state index is 4.32. The Labute approximate surface area is 123 Å². The molecule has 20 heavy (non-hydrogen) atoms. The van der Waals surface area contributed by atoms with Gasteiger partial charge in [0.05, 0.1) is 0 Å². The van der Waals surface area contributed by atoms with E-state index in [2.05, 4.69) is 42.4 Å². The van der Waals surface area contributed by atoms with E-state index in [1.807, 2.05) is 6.21 Å². The zero-order valence-corrected chi connectivity index (χ0v) is 12.6. The van der Waals surface area contributed by atoms with Gasteiger partial charge in [-0.2, -0.15) is 0 Å². The SMILES string of the molecule is C=C=C1N=Cc2cc(CCCCCCCCC)ccc21. The quantitative estimate of drug-likeness (QED) is 0.433. The van der Waals surface area contributed by atoms with Crippen molar-refractivity contribution in [2.45, 2.75) is 58.3 Å². The first kappa shape index (κ1) is 14.8. The number of fused-ring (bicyclic) bond motifs is 1. The normalized spacial score (nSPS) is 12.6. The van der Waals surface area contributed by atoms with Gasteiger partial charge < -0.3 is 0 Å². The zero-order valence-electron chi connectivity index (χ0n) is 12.6. The minimum atomic E-state index is 0.877. The molecule has 0 N–H and O–H groups in total. The molecule has 0 fully saturated rings. The Morgan fingerprint density at radius 1 is 1.05 bits per heavy atom. The molecule has 0 amide bonds.